The van der Waals surface area contributed by atoms with Crippen LogP contribution >= 0.6 is 15.9 Å². The van der Waals surface area contributed by atoms with Gasteiger partial charge in [0, 0.05) is 11.0 Å². The van der Waals surface area contributed by atoms with Crippen LogP contribution in [0, 0.1) is 11.3 Å². The normalized spacial score (nSPS) is 10.8. The predicted molar refractivity (Wildman–Crippen MR) is 81.0 cm³/mol. The summed E-state index contributed by atoms with van der Waals surface area (Å²) in [6.45, 7) is 0. The molecule has 1 N–H and O–H groups in total. The lowest BCUT2D eigenvalue weighted by Gasteiger charge is -2.08. The third-order valence-corrected chi connectivity index (χ3v) is 4.70. The molecule has 0 radical (unpaired) electrons. The number of hydrogen-bond donors (Lipinski definition) is 1. The van der Waals surface area contributed by atoms with Gasteiger partial charge in [0.1, 0.15) is 0 Å². The van der Waals surface area contributed by atoms with Gasteiger partial charge in [0.05, 0.1) is 16.5 Å². The summed E-state index contributed by atoms with van der Waals surface area (Å²) in [5.41, 5.74) is 1.91. The van der Waals surface area contributed by atoms with E-state index in [-0.39, 0.29) is 4.90 Å². The van der Waals surface area contributed by atoms with Gasteiger partial charge in [-0.25, -0.2) is 8.42 Å². The molecular formula is C14H11BrN2O2S. The highest BCUT2D eigenvalue weighted by atomic mass is 79.9. The summed E-state index contributed by atoms with van der Waals surface area (Å²) in [5.74, 6) is 0. The summed E-state index contributed by atoms with van der Waals surface area (Å²) in [6, 6.07) is 14.8. The number of rotatable bonds is 4. The Labute approximate surface area is 126 Å². The van der Waals surface area contributed by atoms with E-state index in [0.717, 1.165) is 5.56 Å². The van der Waals surface area contributed by atoms with Gasteiger partial charge in [-0.2, -0.15) is 5.26 Å². The zero-order chi connectivity index (χ0) is 14.6. The summed E-state index contributed by atoms with van der Waals surface area (Å²) < 4.78 is 26.8. The third-order valence-electron chi connectivity index (χ3n) is 2.65. The van der Waals surface area contributed by atoms with Crippen LogP contribution in [0.15, 0.2) is 53.4 Å². The smallest absolute Gasteiger partial charge is 0.261 e. The number of nitriles is 1. The van der Waals surface area contributed by atoms with E-state index in [1.165, 1.54) is 0 Å². The number of alkyl halides is 1. The van der Waals surface area contributed by atoms with Gasteiger partial charge in [-0.3, -0.25) is 4.72 Å². The Hall–Kier alpha value is -1.84. The molecule has 2 aromatic rings. The van der Waals surface area contributed by atoms with Crippen LogP contribution in [0.4, 0.5) is 5.69 Å². The molecule has 102 valence electrons. The molecule has 0 aliphatic rings. The second kappa shape index (κ2) is 6.07. The van der Waals surface area contributed by atoms with E-state index in [9.17, 15) is 8.42 Å². The molecule has 0 aliphatic heterocycles. The van der Waals surface area contributed by atoms with Crippen LogP contribution in [-0.2, 0) is 15.4 Å². The molecule has 2 rings (SSSR count). The SMILES string of the molecule is N#Cc1ccc(NS(=O)(=O)c2ccc(CBr)cc2)cc1. The monoisotopic (exact) mass is 350 g/mol. The standard InChI is InChI=1S/C14H11BrN2O2S/c15-9-11-3-7-14(8-4-11)20(18,19)17-13-5-1-12(10-16)2-6-13/h1-8,17H,9H2. The maximum absolute atomic E-state index is 12.2. The minimum absolute atomic E-state index is 0.201. The van der Waals surface area contributed by atoms with Crippen LogP contribution in [-0.4, -0.2) is 8.42 Å². The van der Waals surface area contributed by atoms with Crippen molar-refractivity contribution < 1.29 is 8.42 Å². The van der Waals surface area contributed by atoms with Crippen LogP contribution in [0.5, 0.6) is 0 Å². The molecule has 0 aromatic heterocycles. The van der Waals surface area contributed by atoms with E-state index in [4.69, 9.17) is 5.26 Å². The van der Waals surface area contributed by atoms with Crippen molar-refractivity contribution in [3.8, 4) is 6.07 Å². The molecule has 0 amide bonds. The van der Waals surface area contributed by atoms with Gasteiger partial charge in [-0.15, -0.1) is 0 Å². The molecule has 0 atom stereocenters. The average Bonchev–Trinajstić information content (AvgIpc) is 2.48. The maximum Gasteiger partial charge on any atom is 0.261 e. The van der Waals surface area contributed by atoms with Crippen molar-refractivity contribution in [1.82, 2.24) is 0 Å². The highest BCUT2D eigenvalue weighted by molar-refractivity contribution is 9.08. The molecule has 0 fully saturated rings. The first-order valence-electron chi connectivity index (χ1n) is 5.73. The van der Waals surface area contributed by atoms with Crippen LogP contribution in [0.3, 0.4) is 0 Å². The quantitative estimate of drug-likeness (QED) is 0.860. The lowest BCUT2D eigenvalue weighted by molar-refractivity contribution is 0.601. The molecule has 0 saturated heterocycles. The Kier molecular flexibility index (Phi) is 4.42. The van der Waals surface area contributed by atoms with E-state index in [1.807, 2.05) is 6.07 Å². The first-order chi connectivity index (χ1) is 9.55. The van der Waals surface area contributed by atoms with Gasteiger partial charge in [0.25, 0.3) is 10.0 Å². The molecule has 0 saturated carbocycles. The third kappa shape index (κ3) is 3.38. The highest BCUT2D eigenvalue weighted by Crippen LogP contribution is 2.17. The van der Waals surface area contributed by atoms with Crippen molar-refractivity contribution >= 4 is 31.6 Å². The molecule has 4 nitrogen and oxygen atoms in total. The van der Waals surface area contributed by atoms with Crippen LogP contribution in [0.1, 0.15) is 11.1 Å². The van der Waals surface area contributed by atoms with Crippen LogP contribution in [0.2, 0.25) is 0 Å². The van der Waals surface area contributed by atoms with E-state index >= 15 is 0 Å². The minimum atomic E-state index is -3.61. The second-order valence-corrected chi connectivity index (χ2v) is 6.32. The van der Waals surface area contributed by atoms with Crippen molar-refractivity contribution in [3.05, 3.63) is 59.7 Å². The molecule has 0 heterocycles. The minimum Gasteiger partial charge on any atom is -0.280 e. The first kappa shape index (κ1) is 14.6. The molecule has 2 aromatic carbocycles. The zero-order valence-corrected chi connectivity index (χ0v) is 12.8. The van der Waals surface area contributed by atoms with E-state index in [0.29, 0.717) is 16.6 Å². The summed E-state index contributed by atoms with van der Waals surface area (Å²) in [6.07, 6.45) is 0. The van der Waals surface area contributed by atoms with Crippen molar-refractivity contribution in [1.29, 1.82) is 5.26 Å². The summed E-state index contributed by atoms with van der Waals surface area (Å²) in [5, 5.41) is 9.37. The number of sulfonamides is 1. The van der Waals surface area contributed by atoms with E-state index in [1.54, 1.807) is 48.5 Å². The molecule has 6 heteroatoms. The fraction of sp³-hybridized carbons (Fsp3) is 0.0714. The van der Waals surface area contributed by atoms with Gasteiger partial charge in [0.15, 0.2) is 0 Å². The van der Waals surface area contributed by atoms with Gasteiger partial charge in [-0.1, -0.05) is 28.1 Å². The molecule has 0 spiro atoms. The molecule has 20 heavy (non-hydrogen) atoms. The largest absolute Gasteiger partial charge is 0.280 e. The second-order valence-electron chi connectivity index (χ2n) is 4.07. The van der Waals surface area contributed by atoms with E-state index < -0.39 is 10.0 Å². The number of halogens is 1. The number of benzene rings is 2. The Bertz CT molecular complexity index is 732. The van der Waals surface area contributed by atoms with Crippen LogP contribution in [0.25, 0.3) is 0 Å². The first-order valence-corrected chi connectivity index (χ1v) is 8.33. The lowest BCUT2D eigenvalue weighted by Crippen LogP contribution is -2.12. The summed E-state index contributed by atoms with van der Waals surface area (Å²) in [7, 11) is -3.61. The average molecular weight is 351 g/mol. The van der Waals surface area contributed by atoms with Gasteiger partial charge >= 0.3 is 0 Å². The fourth-order valence-corrected chi connectivity index (χ4v) is 3.02. The van der Waals surface area contributed by atoms with Crippen molar-refractivity contribution in [2.75, 3.05) is 4.72 Å². The Morgan fingerprint density at radius 1 is 1.05 bits per heavy atom. The number of nitrogens with zero attached hydrogens (tertiary/aromatic N) is 1. The topological polar surface area (TPSA) is 70.0 Å². The van der Waals surface area contributed by atoms with Gasteiger partial charge < -0.3 is 0 Å². The molecule has 0 aliphatic carbocycles. The molecule has 0 unspecified atom stereocenters. The number of anilines is 1. The Balaban J connectivity index is 2.23. The maximum atomic E-state index is 12.2. The van der Waals surface area contributed by atoms with E-state index in [2.05, 4.69) is 20.7 Å². The summed E-state index contributed by atoms with van der Waals surface area (Å²) in [4.78, 5) is 0.201. The number of hydrogen-bond acceptors (Lipinski definition) is 3. The van der Waals surface area contributed by atoms with Crippen molar-refractivity contribution in [3.63, 3.8) is 0 Å². The van der Waals surface area contributed by atoms with Gasteiger partial charge in [0.2, 0.25) is 0 Å². The Morgan fingerprint density at radius 3 is 2.15 bits per heavy atom. The van der Waals surface area contributed by atoms with Crippen molar-refractivity contribution in [2.45, 2.75) is 10.2 Å². The zero-order valence-electron chi connectivity index (χ0n) is 10.4. The highest BCUT2D eigenvalue weighted by Gasteiger charge is 2.13. The molecular weight excluding hydrogens is 340 g/mol. The lowest BCUT2D eigenvalue weighted by atomic mass is 10.2. The fourth-order valence-electron chi connectivity index (χ4n) is 1.58. The Morgan fingerprint density at radius 2 is 1.65 bits per heavy atom. The van der Waals surface area contributed by atoms with Crippen molar-refractivity contribution in [2.24, 2.45) is 0 Å². The summed E-state index contributed by atoms with van der Waals surface area (Å²) >= 11 is 3.31. The van der Waals surface area contributed by atoms with Gasteiger partial charge in [-0.05, 0) is 42.0 Å². The van der Waals surface area contributed by atoms with Crippen LogP contribution < -0.4 is 4.72 Å². The number of nitrogens with one attached hydrogen (secondary N) is 1. The molecule has 0 bridgehead atoms. The predicted octanol–water partition coefficient (Wildman–Crippen LogP) is 3.25.